The minimum absolute atomic E-state index is 0.0819. The molecule has 0 saturated heterocycles. The third-order valence-corrected chi connectivity index (χ3v) is 5.82. The number of hydrogen-bond donors (Lipinski definition) is 3. The maximum Gasteiger partial charge on any atom is 0.263 e. The van der Waals surface area contributed by atoms with Crippen LogP contribution in [-0.2, 0) is 6.42 Å². The quantitative estimate of drug-likeness (QED) is 0.471. The second-order valence-corrected chi connectivity index (χ2v) is 8.28. The number of thiophene rings is 1. The van der Waals surface area contributed by atoms with E-state index in [4.69, 9.17) is 4.74 Å². The standard InChI is InChI=1S/C24H26N2O4S/c1-15(2)18-14-17(8-9-20(18)27)23(28)26-19-11-13-31-22(19)24(29)25-12-10-16-6-4-5-7-21(16)30-3/h4-9,11,13-15,27H,10,12H2,1-3H3,(H,25,29)(H,26,28). The van der Waals surface area contributed by atoms with E-state index >= 15 is 0 Å². The van der Waals surface area contributed by atoms with Crippen molar-refractivity contribution < 1.29 is 19.4 Å². The summed E-state index contributed by atoms with van der Waals surface area (Å²) < 4.78 is 5.34. The predicted molar refractivity (Wildman–Crippen MR) is 123 cm³/mol. The van der Waals surface area contributed by atoms with Gasteiger partial charge in [-0.15, -0.1) is 11.3 Å². The topological polar surface area (TPSA) is 87.7 Å². The smallest absolute Gasteiger partial charge is 0.263 e. The Kier molecular flexibility index (Phi) is 7.31. The molecule has 0 fully saturated rings. The lowest BCUT2D eigenvalue weighted by atomic mass is 9.99. The van der Waals surface area contributed by atoms with Crippen LogP contribution in [0.2, 0.25) is 0 Å². The van der Waals surface area contributed by atoms with Crippen molar-refractivity contribution in [2.45, 2.75) is 26.2 Å². The summed E-state index contributed by atoms with van der Waals surface area (Å²) in [4.78, 5) is 25.8. The number of methoxy groups -OCH3 is 1. The molecule has 3 rings (SSSR count). The highest BCUT2D eigenvalue weighted by Crippen LogP contribution is 2.28. The van der Waals surface area contributed by atoms with Gasteiger partial charge in [0, 0.05) is 12.1 Å². The molecule has 0 aliphatic heterocycles. The molecule has 0 radical (unpaired) electrons. The van der Waals surface area contributed by atoms with Gasteiger partial charge in [0.05, 0.1) is 12.8 Å². The molecule has 0 unspecified atom stereocenters. The van der Waals surface area contributed by atoms with Crippen LogP contribution in [0.5, 0.6) is 11.5 Å². The Labute approximate surface area is 185 Å². The Morgan fingerprint density at radius 1 is 1.10 bits per heavy atom. The van der Waals surface area contributed by atoms with Gasteiger partial charge < -0.3 is 20.5 Å². The maximum absolute atomic E-state index is 12.7. The van der Waals surface area contributed by atoms with Crippen molar-refractivity contribution in [1.29, 1.82) is 0 Å². The van der Waals surface area contributed by atoms with Gasteiger partial charge in [-0.25, -0.2) is 0 Å². The maximum atomic E-state index is 12.7. The van der Waals surface area contributed by atoms with Crippen LogP contribution in [0.4, 0.5) is 5.69 Å². The Hall–Kier alpha value is -3.32. The summed E-state index contributed by atoms with van der Waals surface area (Å²) in [7, 11) is 1.62. The molecule has 31 heavy (non-hydrogen) atoms. The molecule has 162 valence electrons. The fraction of sp³-hybridized carbons (Fsp3) is 0.250. The summed E-state index contributed by atoms with van der Waals surface area (Å²) in [5.41, 5.74) is 2.60. The number of aromatic hydroxyl groups is 1. The Bertz CT molecular complexity index is 1070. The molecule has 2 aromatic carbocycles. The summed E-state index contributed by atoms with van der Waals surface area (Å²) in [6.07, 6.45) is 0.633. The molecular formula is C24H26N2O4S. The normalized spacial score (nSPS) is 10.7. The summed E-state index contributed by atoms with van der Waals surface area (Å²) in [5.74, 6) is 0.461. The van der Waals surface area contributed by atoms with Crippen molar-refractivity contribution in [2.75, 3.05) is 19.0 Å². The minimum atomic E-state index is -0.330. The number of hydrogen-bond acceptors (Lipinski definition) is 5. The first-order valence-corrected chi connectivity index (χ1v) is 10.9. The first-order valence-electron chi connectivity index (χ1n) is 10.0. The highest BCUT2D eigenvalue weighted by Gasteiger charge is 2.17. The lowest BCUT2D eigenvalue weighted by Gasteiger charge is -2.12. The van der Waals surface area contributed by atoms with E-state index in [2.05, 4.69) is 10.6 Å². The van der Waals surface area contributed by atoms with E-state index in [-0.39, 0.29) is 23.5 Å². The highest BCUT2D eigenvalue weighted by molar-refractivity contribution is 7.12. The number of amides is 2. The molecule has 3 N–H and O–H groups in total. The van der Waals surface area contributed by atoms with Crippen LogP contribution in [0.1, 0.15) is 50.9 Å². The van der Waals surface area contributed by atoms with Crippen LogP contribution in [-0.4, -0.2) is 30.6 Å². The summed E-state index contributed by atoms with van der Waals surface area (Å²) >= 11 is 1.27. The van der Waals surface area contributed by atoms with E-state index in [9.17, 15) is 14.7 Å². The van der Waals surface area contributed by atoms with Crippen LogP contribution in [0, 0.1) is 0 Å². The zero-order valence-corrected chi connectivity index (χ0v) is 18.6. The Morgan fingerprint density at radius 2 is 1.87 bits per heavy atom. The molecule has 7 heteroatoms. The van der Waals surface area contributed by atoms with Gasteiger partial charge in [0.25, 0.3) is 11.8 Å². The fourth-order valence-electron chi connectivity index (χ4n) is 3.24. The number of benzene rings is 2. The number of anilines is 1. The van der Waals surface area contributed by atoms with E-state index < -0.39 is 0 Å². The number of carbonyl (C=O) groups is 2. The average molecular weight is 439 g/mol. The molecule has 0 saturated carbocycles. The van der Waals surface area contributed by atoms with Gasteiger partial charge in [0.2, 0.25) is 0 Å². The van der Waals surface area contributed by atoms with Gasteiger partial charge in [-0.2, -0.15) is 0 Å². The highest BCUT2D eigenvalue weighted by atomic mass is 32.1. The van der Waals surface area contributed by atoms with Crippen molar-refractivity contribution >= 4 is 28.8 Å². The SMILES string of the molecule is COc1ccccc1CCNC(=O)c1sccc1NC(=O)c1ccc(O)c(C(C)C)c1. The van der Waals surface area contributed by atoms with Crippen LogP contribution in [0.25, 0.3) is 0 Å². The Morgan fingerprint density at radius 3 is 2.61 bits per heavy atom. The Balaban J connectivity index is 1.64. The number of rotatable bonds is 8. The summed E-state index contributed by atoms with van der Waals surface area (Å²) in [6, 6.07) is 14.2. The van der Waals surface area contributed by atoms with Gasteiger partial charge in [0.15, 0.2) is 0 Å². The molecule has 3 aromatic rings. The van der Waals surface area contributed by atoms with E-state index in [1.807, 2.05) is 38.1 Å². The second-order valence-electron chi connectivity index (χ2n) is 7.36. The number of carbonyl (C=O) groups excluding carboxylic acids is 2. The third kappa shape index (κ3) is 5.44. The third-order valence-electron chi connectivity index (χ3n) is 4.90. The number of para-hydroxylation sites is 1. The number of ether oxygens (including phenoxy) is 1. The molecule has 0 bridgehead atoms. The monoisotopic (exact) mass is 438 g/mol. The van der Waals surface area contributed by atoms with Gasteiger partial charge >= 0.3 is 0 Å². The van der Waals surface area contributed by atoms with Crippen LogP contribution in [0.15, 0.2) is 53.9 Å². The molecule has 2 amide bonds. The van der Waals surface area contributed by atoms with Crippen LogP contribution in [0.3, 0.4) is 0 Å². The van der Waals surface area contributed by atoms with Crippen LogP contribution < -0.4 is 15.4 Å². The summed E-state index contributed by atoms with van der Waals surface area (Å²) in [6.45, 7) is 4.34. The van der Waals surface area contributed by atoms with Crippen molar-refractivity contribution in [2.24, 2.45) is 0 Å². The molecule has 6 nitrogen and oxygen atoms in total. The molecule has 1 aromatic heterocycles. The first-order chi connectivity index (χ1) is 14.9. The predicted octanol–water partition coefficient (Wildman–Crippen LogP) is 4.81. The molecular weight excluding hydrogens is 412 g/mol. The molecule has 0 spiro atoms. The number of phenolic OH excluding ortho intramolecular Hbond substituents is 1. The largest absolute Gasteiger partial charge is 0.508 e. The van der Waals surface area contributed by atoms with Crippen molar-refractivity contribution in [3.05, 3.63) is 75.5 Å². The second kappa shape index (κ2) is 10.1. The molecule has 1 heterocycles. The zero-order valence-electron chi connectivity index (χ0n) is 17.8. The number of phenols is 1. The van der Waals surface area contributed by atoms with Gasteiger partial charge in [-0.05, 0) is 59.2 Å². The zero-order chi connectivity index (χ0) is 22.4. The van der Waals surface area contributed by atoms with Gasteiger partial charge in [0.1, 0.15) is 16.4 Å². The number of nitrogens with one attached hydrogen (secondary N) is 2. The molecule has 0 atom stereocenters. The molecule has 0 aliphatic rings. The lowest BCUT2D eigenvalue weighted by molar-refractivity contribution is 0.0959. The van der Waals surface area contributed by atoms with E-state index in [0.29, 0.717) is 34.7 Å². The minimum Gasteiger partial charge on any atom is -0.508 e. The summed E-state index contributed by atoms with van der Waals surface area (Å²) in [5, 5.41) is 17.4. The van der Waals surface area contributed by atoms with Crippen molar-refractivity contribution in [3.63, 3.8) is 0 Å². The van der Waals surface area contributed by atoms with Gasteiger partial charge in [-0.1, -0.05) is 32.0 Å². The van der Waals surface area contributed by atoms with E-state index in [0.717, 1.165) is 11.3 Å². The first kappa shape index (κ1) is 22.4. The fourth-order valence-corrected chi connectivity index (χ4v) is 4.00. The average Bonchev–Trinajstić information content (AvgIpc) is 3.22. The van der Waals surface area contributed by atoms with Crippen molar-refractivity contribution in [3.8, 4) is 11.5 Å². The van der Waals surface area contributed by atoms with Crippen molar-refractivity contribution in [1.82, 2.24) is 5.32 Å². The molecule has 0 aliphatic carbocycles. The van der Waals surface area contributed by atoms with Crippen LogP contribution >= 0.6 is 11.3 Å². The lowest BCUT2D eigenvalue weighted by Crippen LogP contribution is -2.26. The van der Waals surface area contributed by atoms with E-state index in [1.54, 1.807) is 30.7 Å². The van der Waals surface area contributed by atoms with E-state index in [1.165, 1.54) is 17.4 Å². The van der Waals surface area contributed by atoms with Gasteiger partial charge in [-0.3, -0.25) is 9.59 Å².